The summed E-state index contributed by atoms with van der Waals surface area (Å²) in [5.41, 5.74) is 2.83. The fourth-order valence-corrected chi connectivity index (χ4v) is 2.85. The van der Waals surface area contributed by atoms with E-state index in [2.05, 4.69) is 10.5 Å². The average molecular weight is 414 g/mol. The number of rotatable bonds is 5. The number of carbonyl (C=O) groups excluding carboxylic acids is 1. The number of nitro benzene ring substituents is 1. The van der Waals surface area contributed by atoms with Crippen LogP contribution in [0, 0.1) is 10.1 Å². The van der Waals surface area contributed by atoms with Crippen molar-refractivity contribution < 1.29 is 23.6 Å². The molecule has 10 heteroatoms. The van der Waals surface area contributed by atoms with Crippen LogP contribution in [0.3, 0.4) is 0 Å². The van der Waals surface area contributed by atoms with Gasteiger partial charge < -0.3 is 13.9 Å². The van der Waals surface area contributed by atoms with E-state index in [-0.39, 0.29) is 28.8 Å². The second-order valence-corrected chi connectivity index (χ2v) is 6.32. The van der Waals surface area contributed by atoms with Crippen LogP contribution in [0.2, 0.25) is 5.02 Å². The number of benzene rings is 2. The van der Waals surface area contributed by atoms with E-state index in [1.165, 1.54) is 24.4 Å². The predicted octanol–water partition coefficient (Wildman–Crippen LogP) is 4.00. The van der Waals surface area contributed by atoms with Gasteiger partial charge in [-0.1, -0.05) is 11.6 Å². The number of hydrogen-bond acceptors (Lipinski definition) is 7. The Labute approximate surface area is 168 Å². The molecule has 2 aromatic carbocycles. The van der Waals surface area contributed by atoms with E-state index in [0.717, 1.165) is 0 Å². The average Bonchev–Trinajstić information content (AvgIpc) is 3.36. The van der Waals surface area contributed by atoms with E-state index in [1.54, 1.807) is 30.3 Å². The zero-order valence-corrected chi connectivity index (χ0v) is 15.4. The third-order valence-electron chi connectivity index (χ3n) is 4.04. The molecular formula is C19H12ClN3O6. The maximum atomic E-state index is 12.2. The largest absolute Gasteiger partial charge is 0.455 e. The predicted molar refractivity (Wildman–Crippen MR) is 103 cm³/mol. The van der Waals surface area contributed by atoms with E-state index in [9.17, 15) is 14.9 Å². The van der Waals surface area contributed by atoms with Crippen LogP contribution in [0.15, 0.2) is 58.0 Å². The van der Waals surface area contributed by atoms with Crippen LogP contribution in [0.4, 0.5) is 5.69 Å². The van der Waals surface area contributed by atoms with Crippen molar-refractivity contribution in [2.45, 2.75) is 0 Å². The molecule has 1 aliphatic rings. The molecule has 0 fully saturated rings. The molecule has 2 heterocycles. The molecule has 0 spiro atoms. The number of hydrazone groups is 1. The molecule has 0 bridgehead atoms. The smallest absolute Gasteiger partial charge is 0.281 e. The summed E-state index contributed by atoms with van der Waals surface area (Å²) >= 11 is 5.82. The third-order valence-corrected chi connectivity index (χ3v) is 4.28. The minimum atomic E-state index is -0.539. The molecule has 9 nitrogen and oxygen atoms in total. The number of ether oxygens (including phenoxy) is 2. The molecule has 3 aromatic rings. The zero-order valence-electron chi connectivity index (χ0n) is 14.6. The first-order valence-corrected chi connectivity index (χ1v) is 8.66. The van der Waals surface area contributed by atoms with Gasteiger partial charge in [0.15, 0.2) is 11.5 Å². The van der Waals surface area contributed by atoms with E-state index in [1.807, 2.05) is 0 Å². The highest BCUT2D eigenvalue weighted by molar-refractivity contribution is 6.30. The van der Waals surface area contributed by atoms with Crippen molar-refractivity contribution in [2.75, 3.05) is 6.79 Å². The molecule has 146 valence electrons. The van der Waals surface area contributed by atoms with E-state index < -0.39 is 10.8 Å². The SMILES string of the molecule is O=C(N/N=C\c1ccc(-c2ccc(Cl)cc2[N+](=O)[O-])o1)c1ccc2c(c1)OCO2. The second kappa shape index (κ2) is 7.64. The summed E-state index contributed by atoms with van der Waals surface area (Å²) in [6.07, 6.45) is 1.29. The van der Waals surface area contributed by atoms with Gasteiger partial charge in [0, 0.05) is 16.7 Å². The van der Waals surface area contributed by atoms with E-state index in [0.29, 0.717) is 22.8 Å². The lowest BCUT2D eigenvalue weighted by atomic mass is 10.1. The fraction of sp³-hybridized carbons (Fsp3) is 0.0526. The van der Waals surface area contributed by atoms with Crippen LogP contribution in [-0.4, -0.2) is 23.8 Å². The van der Waals surface area contributed by atoms with E-state index >= 15 is 0 Å². The second-order valence-electron chi connectivity index (χ2n) is 5.89. The van der Waals surface area contributed by atoms with Crippen LogP contribution in [-0.2, 0) is 0 Å². The van der Waals surface area contributed by atoms with E-state index in [4.69, 9.17) is 25.5 Å². The minimum Gasteiger partial charge on any atom is -0.455 e. The van der Waals surface area contributed by atoms with Gasteiger partial charge in [-0.05, 0) is 42.5 Å². The van der Waals surface area contributed by atoms with Gasteiger partial charge in [0.2, 0.25) is 6.79 Å². The Morgan fingerprint density at radius 3 is 2.79 bits per heavy atom. The summed E-state index contributed by atoms with van der Waals surface area (Å²) in [6.45, 7) is 0.116. The highest BCUT2D eigenvalue weighted by Gasteiger charge is 2.19. The maximum absolute atomic E-state index is 12.2. The number of carbonyl (C=O) groups is 1. The Kier molecular flexibility index (Phi) is 4.88. The molecule has 0 saturated heterocycles. The molecule has 1 amide bonds. The molecular weight excluding hydrogens is 402 g/mol. The molecule has 0 unspecified atom stereocenters. The zero-order chi connectivity index (χ0) is 20.4. The van der Waals surface area contributed by atoms with Crippen molar-refractivity contribution in [2.24, 2.45) is 5.10 Å². The molecule has 1 N–H and O–H groups in total. The standard InChI is InChI=1S/C19H12ClN3O6/c20-12-2-4-14(15(8-12)23(25)26)16-6-3-13(29-16)9-21-22-19(24)11-1-5-17-18(7-11)28-10-27-17/h1-9H,10H2,(H,22,24)/b21-9-. The van der Waals surface area contributed by atoms with Crippen LogP contribution >= 0.6 is 11.6 Å². The van der Waals surface area contributed by atoms with Gasteiger partial charge >= 0.3 is 0 Å². The van der Waals surface area contributed by atoms with Crippen molar-refractivity contribution in [3.8, 4) is 22.8 Å². The first-order valence-electron chi connectivity index (χ1n) is 8.28. The highest BCUT2D eigenvalue weighted by atomic mass is 35.5. The molecule has 1 aliphatic heterocycles. The Hall–Kier alpha value is -3.85. The van der Waals surface area contributed by atoms with Crippen LogP contribution in [0.25, 0.3) is 11.3 Å². The molecule has 0 saturated carbocycles. The van der Waals surface area contributed by atoms with Gasteiger partial charge in [0.1, 0.15) is 11.5 Å². The minimum absolute atomic E-state index is 0.116. The summed E-state index contributed by atoms with van der Waals surface area (Å²) < 4.78 is 16.0. The Morgan fingerprint density at radius 2 is 1.97 bits per heavy atom. The van der Waals surface area contributed by atoms with Gasteiger partial charge in [0.05, 0.1) is 16.7 Å². The number of hydrogen-bond donors (Lipinski definition) is 1. The van der Waals surface area contributed by atoms with Crippen LogP contribution < -0.4 is 14.9 Å². The number of furan rings is 1. The van der Waals surface area contributed by atoms with Crippen molar-refractivity contribution >= 4 is 29.4 Å². The summed E-state index contributed by atoms with van der Waals surface area (Å²) in [7, 11) is 0. The van der Waals surface area contributed by atoms with Gasteiger partial charge in [-0.3, -0.25) is 14.9 Å². The first-order chi connectivity index (χ1) is 14.0. The normalized spacial score (nSPS) is 12.3. The highest BCUT2D eigenvalue weighted by Crippen LogP contribution is 2.33. The lowest BCUT2D eigenvalue weighted by molar-refractivity contribution is -0.384. The van der Waals surface area contributed by atoms with Crippen molar-refractivity contribution in [1.29, 1.82) is 0 Å². The summed E-state index contributed by atoms with van der Waals surface area (Å²) in [5, 5.41) is 15.3. The molecule has 1 aromatic heterocycles. The number of halogens is 1. The van der Waals surface area contributed by atoms with Crippen LogP contribution in [0.1, 0.15) is 16.1 Å². The van der Waals surface area contributed by atoms with Crippen LogP contribution in [0.5, 0.6) is 11.5 Å². The van der Waals surface area contributed by atoms with Crippen molar-refractivity contribution in [1.82, 2.24) is 5.43 Å². The monoisotopic (exact) mass is 413 g/mol. The topological polar surface area (TPSA) is 116 Å². The summed E-state index contributed by atoms with van der Waals surface area (Å²) in [4.78, 5) is 22.9. The number of nitrogens with one attached hydrogen (secondary N) is 1. The van der Waals surface area contributed by atoms with Crippen molar-refractivity contribution in [3.05, 3.63) is 75.0 Å². The maximum Gasteiger partial charge on any atom is 0.281 e. The fourth-order valence-electron chi connectivity index (χ4n) is 2.69. The summed E-state index contributed by atoms with van der Waals surface area (Å²) in [5.74, 6) is 1.19. The quantitative estimate of drug-likeness (QED) is 0.384. The van der Waals surface area contributed by atoms with Gasteiger partial charge in [-0.25, -0.2) is 5.43 Å². The number of fused-ring (bicyclic) bond motifs is 1. The number of amides is 1. The van der Waals surface area contributed by atoms with Gasteiger partial charge in [0.25, 0.3) is 11.6 Å². The lowest BCUT2D eigenvalue weighted by Gasteiger charge is -2.01. The number of nitrogens with zero attached hydrogens (tertiary/aromatic N) is 2. The van der Waals surface area contributed by atoms with Gasteiger partial charge in [-0.2, -0.15) is 5.10 Å². The Balaban J connectivity index is 1.46. The molecule has 29 heavy (non-hydrogen) atoms. The number of nitro groups is 1. The lowest BCUT2D eigenvalue weighted by Crippen LogP contribution is -2.17. The summed E-state index contributed by atoms with van der Waals surface area (Å²) in [6, 6.07) is 12.2. The third kappa shape index (κ3) is 3.90. The van der Waals surface area contributed by atoms with Crippen molar-refractivity contribution in [3.63, 3.8) is 0 Å². The molecule has 0 aliphatic carbocycles. The molecule has 4 rings (SSSR count). The Morgan fingerprint density at radius 1 is 1.14 bits per heavy atom. The first kappa shape index (κ1) is 18.5. The molecule has 0 atom stereocenters. The van der Waals surface area contributed by atoms with Gasteiger partial charge in [-0.15, -0.1) is 0 Å². The molecule has 0 radical (unpaired) electrons. The Bertz CT molecular complexity index is 1140.